The topological polar surface area (TPSA) is 63.6 Å². The highest BCUT2D eigenvalue weighted by Crippen LogP contribution is 2.23. The molecule has 0 radical (unpaired) electrons. The van der Waals surface area contributed by atoms with E-state index in [-0.39, 0.29) is 0 Å². The van der Waals surface area contributed by atoms with Crippen LogP contribution in [-0.2, 0) is 9.59 Å². The number of rotatable bonds is 4. The minimum Gasteiger partial charge on any atom is -0.480 e. The van der Waals surface area contributed by atoms with Crippen LogP contribution in [0.5, 0.6) is 5.75 Å². The first-order valence-corrected chi connectivity index (χ1v) is 6.55. The number of ether oxygens (including phenoxy) is 1. The summed E-state index contributed by atoms with van der Waals surface area (Å²) >= 11 is 0. The number of carboxylic acids is 1. The second kappa shape index (κ2) is 6.22. The maximum atomic E-state index is 12.2. The minimum absolute atomic E-state index is 0.391. The van der Waals surface area contributed by atoms with Gasteiger partial charge >= 0.3 is 11.9 Å². The van der Waals surface area contributed by atoms with Crippen molar-refractivity contribution in [2.75, 3.05) is 0 Å². The fourth-order valence-corrected chi connectivity index (χ4v) is 2.01. The van der Waals surface area contributed by atoms with Gasteiger partial charge in [0, 0.05) is 0 Å². The first kappa shape index (κ1) is 14.8. The quantitative estimate of drug-likeness (QED) is 0.532. The van der Waals surface area contributed by atoms with Gasteiger partial charge in [-0.05, 0) is 36.6 Å². The molecule has 0 aromatic heterocycles. The molecule has 0 unspecified atom stereocenters. The van der Waals surface area contributed by atoms with Crippen molar-refractivity contribution in [3.05, 3.63) is 65.2 Å². The predicted molar refractivity (Wildman–Crippen MR) is 78.4 cm³/mol. The van der Waals surface area contributed by atoms with Crippen LogP contribution >= 0.6 is 0 Å². The molecule has 2 aromatic carbocycles. The van der Waals surface area contributed by atoms with Gasteiger partial charge in [-0.2, -0.15) is 0 Å². The Bertz CT molecular complexity index is 662. The maximum absolute atomic E-state index is 12.2. The number of hydrogen-bond donors (Lipinski definition) is 1. The summed E-state index contributed by atoms with van der Waals surface area (Å²) in [5.41, 5.74) is 2.13. The molecule has 2 rings (SSSR count). The van der Waals surface area contributed by atoms with Crippen LogP contribution in [0.1, 0.15) is 22.6 Å². The fourth-order valence-electron chi connectivity index (χ4n) is 2.01. The Morgan fingerprint density at radius 2 is 1.71 bits per heavy atom. The largest absolute Gasteiger partial charge is 0.480 e. The molecule has 0 bridgehead atoms. The van der Waals surface area contributed by atoms with Gasteiger partial charge < -0.3 is 9.84 Å². The third-order valence-corrected chi connectivity index (χ3v) is 3.17. The number of aryl methyl sites for hydroxylation is 2. The number of benzene rings is 2. The first-order valence-electron chi connectivity index (χ1n) is 6.55. The highest BCUT2D eigenvalue weighted by molar-refractivity contribution is 6.00. The van der Waals surface area contributed by atoms with Crippen molar-refractivity contribution in [2.24, 2.45) is 0 Å². The summed E-state index contributed by atoms with van der Waals surface area (Å²) in [5, 5.41) is 9.30. The number of hydrogen-bond acceptors (Lipinski definition) is 3. The van der Waals surface area contributed by atoms with E-state index < -0.39 is 17.9 Å². The Morgan fingerprint density at radius 1 is 1.05 bits per heavy atom. The first-order chi connectivity index (χ1) is 9.99. The number of esters is 1. The summed E-state index contributed by atoms with van der Waals surface area (Å²) in [7, 11) is 0. The van der Waals surface area contributed by atoms with Crippen molar-refractivity contribution in [3.8, 4) is 5.75 Å². The molecule has 2 aromatic rings. The van der Waals surface area contributed by atoms with Gasteiger partial charge in [-0.15, -0.1) is 0 Å². The number of carboxylic acid groups (broad SMARTS) is 1. The summed E-state index contributed by atoms with van der Waals surface area (Å²) in [4.78, 5) is 23.6. The molecule has 0 amide bonds. The average Bonchev–Trinajstić information content (AvgIpc) is 2.44. The molecule has 0 saturated heterocycles. The van der Waals surface area contributed by atoms with Gasteiger partial charge in [0.2, 0.25) is 0 Å². The molecule has 0 saturated carbocycles. The third-order valence-electron chi connectivity index (χ3n) is 3.17. The van der Waals surface area contributed by atoms with E-state index in [9.17, 15) is 14.7 Å². The van der Waals surface area contributed by atoms with Crippen LogP contribution in [-0.4, -0.2) is 17.0 Å². The van der Waals surface area contributed by atoms with Crippen LogP contribution in [0.3, 0.4) is 0 Å². The van der Waals surface area contributed by atoms with Crippen molar-refractivity contribution in [3.63, 3.8) is 0 Å². The summed E-state index contributed by atoms with van der Waals surface area (Å²) in [6, 6.07) is 13.8. The summed E-state index contributed by atoms with van der Waals surface area (Å²) in [6.45, 7) is 3.68. The normalized spacial score (nSPS) is 11.7. The second-order valence-corrected chi connectivity index (χ2v) is 4.87. The molecule has 0 aliphatic carbocycles. The second-order valence-electron chi connectivity index (χ2n) is 4.87. The van der Waals surface area contributed by atoms with Crippen molar-refractivity contribution in [2.45, 2.75) is 19.8 Å². The van der Waals surface area contributed by atoms with Crippen LogP contribution in [0.2, 0.25) is 0 Å². The van der Waals surface area contributed by atoms with Gasteiger partial charge in [-0.25, -0.2) is 0 Å². The van der Waals surface area contributed by atoms with E-state index in [1.807, 2.05) is 19.1 Å². The lowest BCUT2D eigenvalue weighted by Gasteiger charge is -2.13. The Morgan fingerprint density at radius 3 is 2.33 bits per heavy atom. The average molecular weight is 284 g/mol. The van der Waals surface area contributed by atoms with E-state index in [1.165, 1.54) is 0 Å². The van der Waals surface area contributed by atoms with Crippen LogP contribution in [0.15, 0.2) is 48.5 Å². The lowest BCUT2D eigenvalue weighted by atomic mass is 9.99. The van der Waals surface area contributed by atoms with E-state index in [4.69, 9.17) is 4.74 Å². The maximum Gasteiger partial charge on any atom is 0.330 e. The molecule has 0 fully saturated rings. The lowest BCUT2D eigenvalue weighted by molar-refractivity contribution is -0.148. The standard InChI is InChI=1S/C17H16O4/c1-11-8-9-12(2)14(10-11)21-17(20)15(16(18)19)13-6-4-3-5-7-13/h3-10,15H,1-2H3,(H,18,19)/t15-/m0/s1. The molecule has 4 nitrogen and oxygen atoms in total. The number of carbonyl (C=O) groups is 2. The van der Waals surface area contributed by atoms with Gasteiger partial charge in [-0.3, -0.25) is 9.59 Å². The molecule has 1 atom stereocenters. The van der Waals surface area contributed by atoms with Gasteiger partial charge in [0.05, 0.1) is 0 Å². The van der Waals surface area contributed by atoms with Crippen molar-refractivity contribution < 1.29 is 19.4 Å². The number of carbonyl (C=O) groups excluding carboxylic acids is 1. The van der Waals surface area contributed by atoms with Crippen molar-refractivity contribution >= 4 is 11.9 Å². The van der Waals surface area contributed by atoms with Crippen molar-refractivity contribution in [1.82, 2.24) is 0 Å². The van der Waals surface area contributed by atoms with Gasteiger partial charge in [0.1, 0.15) is 5.75 Å². The molecule has 1 N–H and O–H groups in total. The zero-order valence-corrected chi connectivity index (χ0v) is 11.9. The predicted octanol–water partition coefficient (Wildman–Crippen LogP) is 3.08. The zero-order chi connectivity index (χ0) is 15.4. The van der Waals surface area contributed by atoms with Crippen LogP contribution < -0.4 is 4.74 Å². The van der Waals surface area contributed by atoms with Gasteiger partial charge in [0.15, 0.2) is 5.92 Å². The van der Waals surface area contributed by atoms with E-state index in [0.29, 0.717) is 11.3 Å². The fraction of sp³-hybridized carbons (Fsp3) is 0.176. The van der Waals surface area contributed by atoms with Gasteiger partial charge in [-0.1, -0.05) is 42.5 Å². The summed E-state index contributed by atoms with van der Waals surface area (Å²) < 4.78 is 5.28. The van der Waals surface area contributed by atoms with Crippen LogP contribution in [0, 0.1) is 13.8 Å². The number of aliphatic carboxylic acids is 1. The van der Waals surface area contributed by atoms with Crippen LogP contribution in [0.4, 0.5) is 0 Å². The van der Waals surface area contributed by atoms with E-state index in [0.717, 1.165) is 11.1 Å². The Kier molecular flexibility index (Phi) is 4.38. The SMILES string of the molecule is Cc1ccc(C)c(OC(=O)[C@H](C(=O)O)c2ccccc2)c1. The molecule has 4 heteroatoms. The van der Waals surface area contributed by atoms with Crippen molar-refractivity contribution in [1.29, 1.82) is 0 Å². The summed E-state index contributed by atoms with van der Waals surface area (Å²) in [5.74, 6) is -2.95. The Hall–Kier alpha value is -2.62. The molecule has 21 heavy (non-hydrogen) atoms. The van der Waals surface area contributed by atoms with E-state index in [1.54, 1.807) is 43.3 Å². The molecular weight excluding hydrogens is 268 g/mol. The molecule has 108 valence electrons. The van der Waals surface area contributed by atoms with E-state index >= 15 is 0 Å². The highest BCUT2D eigenvalue weighted by atomic mass is 16.5. The molecule has 0 aliphatic rings. The third kappa shape index (κ3) is 3.48. The van der Waals surface area contributed by atoms with Crippen LogP contribution in [0.25, 0.3) is 0 Å². The highest BCUT2D eigenvalue weighted by Gasteiger charge is 2.30. The Labute approximate surface area is 123 Å². The minimum atomic E-state index is -1.33. The monoisotopic (exact) mass is 284 g/mol. The zero-order valence-electron chi connectivity index (χ0n) is 11.9. The molecule has 0 spiro atoms. The molecule has 0 heterocycles. The van der Waals surface area contributed by atoms with E-state index in [2.05, 4.69) is 0 Å². The summed E-state index contributed by atoms with van der Waals surface area (Å²) in [6.07, 6.45) is 0. The van der Waals surface area contributed by atoms with Gasteiger partial charge in [0.25, 0.3) is 0 Å². The smallest absolute Gasteiger partial charge is 0.330 e. The molecular formula is C17H16O4. The molecule has 0 aliphatic heterocycles. The Balaban J connectivity index is 2.28. The lowest BCUT2D eigenvalue weighted by Crippen LogP contribution is -2.26.